The molecule has 132 valence electrons. The van der Waals surface area contributed by atoms with Crippen LogP contribution >= 0.6 is 0 Å². The summed E-state index contributed by atoms with van der Waals surface area (Å²) in [6.45, 7) is 6.36. The molecule has 7 nitrogen and oxygen atoms in total. The minimum Gasteiger partial charge on any atom is -0.504 e. The second kappa shape index (κ2) is 7.94. The molecule has 2 aliphatic rings. The zero-order valence-corrected chi connectivity index (χ0v) is 13.7. The van der Waals surface area contributed by atoms with Crippen LogP contribution in [0, 0.1) is 0 Å². The summed E-state index contributed by atoms with van der Waals surface area (Å²) in [5.74, 6) is -0.404. The van der Waals surface area contributed by atoms with Crippen molar-refractivity contribution in [3.63, 3.8) is 0 Å². The number of morpholine rings is 2. The zero-order valence-electron chi connectivity index (χ0n) is 13.7. The van der Waals surface area contributed by atoms with Crippen molar-refractivity contribution in [2.75, 3.05) is 52.6 Å². The van der Waals surface area contributed by atoms with Crippen molar-refractivity contribution in [3.8, 4) is 11.5 Å². The highest BCUT2D eigenvalue weighted by atomic mass is 16.5. The van der Waals surface area contributed by atoms with Crippen molar-refractivity contribution >= 4 is 0 Å². The van der Waals surface area contributed by atoms with E-state index in [9.17, 15) is 15.0 Å². The standard InChI is InChI=1S/C17H24N2O5/c20-15-9-13(11-18-1-5-23-6-2-18)16(21)17(22)14(10-15)12-19-3-7-24-8-4-19/h9-10,21-22H,1-8,11-12H2. The van der Waals surface area contributed by atoms with E-state index in [0.29, 0.717) is 50.6 Å². The molecule has 0 aromatic heterocycles. The highest BCUT2D eigenvalue weighted by Crippen LogP contribution is 2.32. The van der Waals surface area contributed by atoms with Crippen LogP contribution in [0.1, 0.15) is 11.1 Å². The van der Waals surface area contributed by atoms with Crippen molar-refractivity contribution in [2.45, 2.75) is 13.1 Å². The Bertz CT molecular complexity index is 573. The summed E-state index contributed by atoms with van der Waals surface area (Å²) >= 11 is 0. The first-order chi connectivity index (χ1) is 11.6. The molecule has 0 atom stereocenters. The van der Waals surface area contributed by atoms with E-state index in [1.807, 2.05) is 0 Å². The highest BCUT2D eigenvalue weighted by Gasteiger charge is 2.18. The Morgan fingerprint density at radius 3 is 1.54 bits per heavy atom. The van der Waals surface area contributed by atoms with E-state index in [1.165, 1.54) is 12.1 Å². The van der Waals surface area contributed by atoms with Crippen molar-refractivity contribution in [1.29, 1.82) is 0 Å². The van der Waals surface area contributed by atoms with Crippen molar-refractivity contribution in [1.82, 2.24) is 9.80 Å². The number of rotatable bonds is 4. The second-order valence-corrected chi connectivity index (χ2v) is 6.22. The fourth-order valence-electron chi connectivity index (χ4n) is 3.07. The molecule has 0 saturated carbocycles. The fraction of sp³-hybridized carbons (Fsp3) is 0.588. The van der Waals surface area contributed by atoms with E-state index >= 15 is 0 Å². The van der Waals surface area contributed by atoms with Gasteiger partial charge in [0.1, 0.15) is 0 Å². The van der Waals surface area contributed by atoms with Gasteiger partial charge in [-0.25, -0.2) is 0 Å². The van der Waals surface area contributed by atoms with Crippen LogP contribution in [0.25, 0.3) is 0 Å². The summed E-state index contributed by atoms with van der Waals surface area (Å²) in [5, 5.41) is 20.9. The monoisotopic (exact) mass is 336 g/mol. The molecule has 2 saturated heterocycles. The van der Waals surface area contributed by atoms with Crippen LogP contribution < -0.4 is 5.43 Å². The molecular formula is C17H24N2O5. The van der Waals surface area contributed by atoms with E-state index in [0.717, 1.165) is 26.2 Å². The number of hydrogen-bond acceptors (Lipinski definition) is 7. The van der Waals surface area contributed by atoms with Crippen LogP contribution in [0.4, 0.5) is 0 Å². The van der Waals surface area contributed by atoms with E-state index in [1.54, 1.807) is 0 Å². The van der Waals surface area contributed by atoms with Crippen LogP contribution in [0.5, 0.6) is 11.5 Å². The van der Waals surface area contributed by atoms with Crippen LogP contribution in [0.3, 0.4) is 0 Å². The number of ether oxygens (including phenoxy) is 2. The quantitative estimate of drug-likeness (QED) is 0.808. The molecule has 0 amide bonds. The molecule has 2 N–H and O–H groups in total. The largest absolute Gasteiger partial charge is 0.504 e. The smallest absolute Gasteiger partial charge is 0.179 e. The van der Waals surface area contributed by atoms with Gasteiger partial charge in [-0.3, -0.25) is 14.6 Å². The summed E-state index contributed by atoms with van der Waals surface area (Å²) in [6.07, 6.45) is 0. The Labute approximate surface area is 141 Å². The number of nitrogens with zero attached hydrogens (tertiary/aromatic N) is 2. The van der Waals surface area contributed by atoms with Gasteiger partial charge in [0, 0.05) is 50.4 Å². The van der Waals surface area contributed by atoms with Crippen LogP contribution in [-0.2, 0) is 22.6 Å². The van der Waals surface area contributed by atoms with Crippen LogP contribution in [0.15, 0.2) is 16.9 Å². The van der Waals surface area contributed by atoms with Crippen molar-refractivity contribution < 1.29 is 19.7 Å². The molecule has 2 heterocycles. The third-order valence-electron chi connectivity index (χ3n) is 4.46. The summed E-state index contributed by atoms with van der Waals surface area (Å²) in [6, 6.07) is 2.82. The van der Waals surface area contributed by atoms with E-state index in [-0.39, 0.29) is 16.9 Å². The van der Waals surface area contributed by atoms with Crippen LogP contribution in [-0.4, -0.2) is 72.6 Å². The molecule has 0 unspecified atom stereocenters. The molecule has 1 aromatic rings. The van der Waals surface area contributed by atoms with Gasteiger partial charge in [0.25, 0.3) is 0 Å². The summed E-state index contributed by atoms with van der Waals surface area (Å²) in [5.41, 5.74) is 0.692. The van der Waals surface area contributed by atoms with Gasteiger partial charge < -0.3 is 19.7 Å². The van der Waals surface area contributed by atoms with E-state index < -0.39 is 0 Å². The number of aromatic hydroxyl groups is 2. The molecule has 2 fully saturated rings. The third kappa shape index (κ3) is 4.24. The lowest BCUT2D eigenvalue weighted by molar-refractivity contribution is 0.0334. The molecule has 1 aromatic carbocycles. The normalized spacial score (nSPS) is 20.2. The topological polar surface area (TPSA) is 82.5 Å². The molecule has 0 spiro atoms. The van der Waals surface area contributed by atoms with Gasteiger partial charge in [-0.05, 0) is 12.1 Å². The lowest BCUT2D eigenvalue weighted by Crippen LogP contribution is -2.35. The highest BCUT2D eigenvalue weighted by molar-refractivity contribution is 5.48. The van der Waals surface area contributed by atoms with Gasteiger partial charge in [0.2, 0.25) is 0 Å². The van der Waals surface area contributed by atoms with Crippen LogP contribution in [0.2, 0.25) is 0 Å². The first kappa shape index (κ1) is 17.2. The van der Waals surface area contributed by atoms with Gasteiger partial charge in [-0.2, -0.15) is 0 Å². The van der Waals surface area contributed by atoms with Gasteiger partial charge >= 0.3 is 0 Å². The third-order valence-corrected chi connectivity index (χ3v) is 4.46. The van der Waals surface area contributed by atoms with Gasteiger partial charge in [-0.1, -0.05) is 0 Å². The first-order valence-electron chi connectivity index (χ1n) is 8.32. The Morgan fingerprint density at radius 1 is 0.792 bits per heavy atom. The molecule has 0 aliphatic carbocycles. The lowest BCUT2D eigenvalue weighted by atomic mass is 10.2. The first-order valence-corrected chi connectivity index (χ1v) is 8.32. The molecule has 0 radical (unpaired) electrons. The average Bonchev–Trinajstić information content (AvgIpc) is 2.69. The Kier molecular flexibility index (Phi) is 5.68. The second-order valence-electron chi connectivity index (χ2n) is 6.22. The maximum atomic E-state index is 12.2. The van der Waals surface area contributed by atoms with Gasteiger partial charge in [0.15, 0.2) is 16.9 Å². The zero-order chi connectivity index (χ0) is 16.9. The van der Waals surface area contributed by atoms with Gasteiger partial charge in [-0.15, -0.1) is 0 Å². The minimum atomic E-state index is -0.211. The Morgan fingerprint density at radius 2 is 1.17 bits per heavy atom. The lowest BCUT2D eigenvalue weighted by Gasteiger charge is -2.27. The molecule has 0 bridgehead atoms. The molecule has 24 heavy (non-hydrogen) atoms. The SMILES string of the molecule is O=c1cc(CN2CCOCC2)c(O)c(O)c(CN2CCOCC2)c1. The summed E-state index contributed by atoms with van der Waals surface area (Å²) in [7, 11) is 0. The molecule has 3 rings (SSSR count). The Hall–Kier alpha value is -1.67. The number of hydrogen-bond donors (Lipinski definition) is 2. The predicted molar refractivity (Wildman–Crippen MR) is 88.2 cm³/mol. The van der Waals surface area contributed by atoms with E-state index in [2.05, 4.69) is 9.80 Å². The molecule has 2 aliphatic heterocycles. The van der Waals surface area contributed by atoms with Crippen molar-refractivity contribution in [2.24, 2.45) is 0 Å². The fourth-order valence-corrected chi connectivity index (χ4v) is 3.07. The maximum Gasteiger partial charge on any atom is 0.179 e. The molecular weight excluding hydrogens is 312 g/mol. The van der Waals surface area contributed by atoms with Crippen molar-refractivity contribution in [3.05, 3.63) is 33.5 Å². The Balaban J connectivity index is 1.83. The maximum absolute atomic E-state index is 12.2. The predicted octanol–water partition coefficient (Wildman–Crippen LogP) is 0.122. The minimum absolute atomic E-state index is 0.202. The summed E-state index contributed by atoms with van der Waals surface area (Å²) in [4.78, 5) is 16.4. The van der Waals surface area contributed by atoms with Gasteiger partial charge in [0.05, 0.1) is 26.4 Å². The van der Waals surface area contributed by atoms with E-state index in [4.69, 9.17) is 9.47 Å². The average molecular weight is 336 g/mol. The molecule has 7 heteroatoms. The summed E-state index contributed by atoms with van der Waals surface area (Å²) < 4.78 is 10.6.